The molecule has 1 saturated heterocycles. The molecular formula is C21H23FN3O2+. The minimum atomic E-state index is -0.325. The summed E-state index contributed by atoms with van der Waals surface area (Å²) in [6.45, 7) is 3.90. The van der Waals surface area contributed by atoms with Crippen molar-refractivity contribution >= 4 is 22.4 Å². The molecule has 140 valence electrons. The van der Waals surface area contributed by atoms with Crippen molar-refractivity contribution in [3.05, 3.63) is 60.0 Å². The number of quaternary nitrogens is 1. The molecule has 3 aromatic rings. The van der Waals surface area contributed by atoms with Crippen LogP contribution in [0.3, 0.4) is 0 Å². The number of anilines is 1. The van der Waals surface area contributed by atoms with E-state index in [9.17, 15) is 9.18 Å². The van der Waals surface area contributed by atoms with Crippen LogP contribution in [0.4, 0.5) is 10.1 Å². The van der Waals surface area contributed by atoms with Crippen molar-refractivity contribution in [2.24, 2.45) is 0 Å². The maximum absolute atomic E-state index is 13.5. The summed E-state index contributed by atoms with van der Waals surface area (Å²) in [6.07, 6.45) is 1.69. The summed E-state index contributed by atoms with van der Waals surface area (Å²) in [5.74, 6) is 0.597. The lowest BCUT2D eigenvalue weighted by molar-refractivity contribution is -0.892. The van der Waals surface area contributed by atoms with Crippen LogP contribution in [-0.4, -0.2) is 50.6 Å². The Balaban J connectivity index is 1.41. The van der Waals surface area contributed by atoms with Gasteiger partial charge in [-0.2, -0.15) is 0 Å². The van der Waals surface area contributed by atoms with Gasteiger partial charge in [0.2, 0.25) is 5.78 Å². The predicted octanol–water partition coefficient (Wildman–Crippen LogP) is 1.90. The van der Waals surface area contributed by atoms with Gasteiger partial charge in [0.1, 0.15) is 18.1 Å². The van der Waals surface area contributed by atoms with Gasteiger partial charge in [0.15, 0.2) is 0 Å². The first kappa shape index (κ1) is 17.5. The van der Waals surface area contributed by atoms with E-state index in [-0.39, 0.29) is 11.6 Å². The number of para-hydroxylation sites is 2. The highest BCUT2D eigenvalue weighted by Crippen LogP contribution is 2.27. The topological polar surface area (TPSA) is 49.8 Å². The van der Waals surface area contributed by atoms with Gasteiger partial charge in [-0.15, -0.1) is 0 Å². The second-order valence-corrected chi connectivity index (χ2v) is 6.90. The number of benzene rings is 2. The zero-order chi connectivity index (χ0) is 18.8. The van der Waals surface area contributed by atoms with E-state index in [0.29, 0.717) is 17.5 Å². The van der Waals surface area contributed by atoms with Crippen LogP contribution in [0, 0.1) is 5.82 Å². The molecule has 1 aliphatic rings. The third-order valence-electron chi connectivity index (χ3n) is 5.25. The molecule has 0 saturated carbocycles. The largest absolute Gasteiger partial charge is 0.495 e. The average molecular weight is 368 g/mol. The van der Waals surface area contributed by atoms with Crippen molar-refractivity contribution in [2.45, 2.75) is 0 Å². The summed E-state index contributed by atoms with van der Waals surface area (Å²) in [5, 5.41) is 0.659. The monoisotopic (exact) mass is 368 g/mol. The Hall–Kier alpha value is -2.86. The number of methoxy groups -OCH3 is 1. The summed E-state index contributed by atoms with van der Waals surface area (Å²) >= 11 is 0. The minimum absolute atomic E-state index is 0.0487. The summed E-state index contributed by atoms with van der Waals surface area (Å²) < 4.78 is 19.0. The molecule has 0 atom stereocenters. The highest BCUT2D eigenvalue weighted by molar-refractivity contribution is 6.08. The van der Waals surface area contributed by atoms with Crippen LogP contribution in [0.2, 0.25) is 0 Å². The fourth-order valence-corrected chi connectivity index (χ4v) is 3.78. The highest BCUT2D eigenvalue weighted by atomic mass is 19.1. The number of nitrogens with one attached hydrogen (secondary N) is 2. The Kier molecular flexibility index (Phi) is 4.81. The van der Waals surface area contributed by atoms with Crippen LogP contribution < -0.4 is 14.5 Å². The first-order valence-electron chi connectivity index (χ1n) is 9.17. The molecule has 6 heteroatoms. The second kappa shape index (κ2) is 7.40. The van der Waals surface area contributed by atoms with Crippen LogP contribution in [-0.2, 0) is 0 Å². The molecule has 0 bridgehead atoms. The molecule has 2 heterocycles. The van der Waals surface area contributed by atoms with E-state index in [2.05, 4.69) is 16.0 Å². The van der Waals surface area contributed by atoms with Crippen LogP contribution in [0.1, 0.15) is 10.4 Å². The number of aromatic nitrogens is 1. The Morgan fingerprint density at radius 1 is 1.22 bits per heavy atom. The molecule has 0 amide bonds. The Bertz CT molecular complexity index is 961. The van der Waals surface area contributed by atoms with Crippen molar-refractivity contribution in [3.8, 4) is 5.75 Å². The third-order valence-corrected chi connectivity index (χ3v) is 5.25. The predicted molar refractivity (Wildman–Crippen MR) is 103 cm³/mol. The fraction of sp³-hybridized carbons (Fsp3) is 0.286. The summed E-state index contributed by atoms with van der Waals surface area (Å²) in [7, 11) is 1.68. The van der Waals surface area contributed by atoms with E-state index in [1.165, 1.54) is 17.0 Å². The number of Topliss-reactive ketones (excluding diaryl/α,β-unsaturated/α-hetero) is 1. The molecule has 1 aliphatic heterocycles. The number of H-pyrrole nitrogens is 1. The van der Waals surface area contributed by atoms with E-state index in [1.54, 1.807) is 19.4 Å². The number of carbonyl (C=O) groups excluding carboxylic acids is 1. The van der Waals surface area contributed by atoms with Crippen LogP contribution in [0.5, 0.6) is 5.75 Å². The minimum Gasteiger partial charge on any atom is -0.495 e. The summed E-state index contributed by atoms with van der Waals surface area (Å²) in [5.41, 5.74) is 2.46. The molecule has 1 fully saturated rings. The number of fused-ring (bicyclic) bond motifs is 1. The zero-order valence-electron chi connectivity index (χ0n) is 15.3. The third kappa shape index (κ3) is 3.53. The molecule has 0 aliphatic carbocycles. The number of hydrogen-bond donors (Lipinski definition) is 2. The normalized spacial score (nSPS) is 15.3. The number of halogens is 1. The second-order valence-electron chi connectivity index (χ2n) is 6.90. The van der Waals surface area contributed by atoms with Crippen LogP contribution in [0.25, 0.3) is 10.9 Å². The first-order chi connectivity index (χ1) is 13.2. The molecule has 27 heavy (non-hydrogen) atoms. The SMILES string of the molecule is COc1ccccc1N1CC[NH+](CC(=O)c2c[nH]c3ccc(F)cc23)CC1. The zero-order valence-corrected chi connectivity index (χ0v) is 15.3. The first-order valence-corrected chi connectivity index (χ1v) is 9.17. The molecule has 0 radical (unpaired) electrons. The maximum atomic E-state index is 13.5. The van der Waals surface area contributed by atoms with Crippen molar-refractivity contribution in [1.82, 2.24) is 4.98 Å². The smallest absolute Gasteiger partial charge is 0.219 e. The van der Waals surface area contributed by atoms with Gasteiger partial charge < -0.3 is 19.5 Å². The molecule has 2 aromatic carbocycles. The quantitative estimate of drug-likeness (QED) is 0.677. The van der Waals surface area contributed by atoms with E-state index < -0.39 is 0 Å². The number of ketones is 1. The van der Waals surface area contributed by atoms with E-state index in [1.807, 2.05) is 18.2 Å². The maximum Gasteiger partial charge on any atom is 0.219 e. The molecule has 5 nitrogen and oxygen atoms in total. The van der Waals surface area contributed by atoms with E-state index >= 15 is 0 Å². The Labute approximate surface area is 157 Å². The van der Waals surface area contributed by atoms with Gasteiger partial charge >= 0.3 is 0 Å². The lowest BCUT2D eigenvalue weighted by Crippen LogP contribution is -3.15. The van der Waals surface area contributed by atoms with Crippen molar-refractivity contribution in [3.63, 3.8) is 0 Å². The number of carbonyl (C=O) groups is 1. The van der Waals surface area contributed by atoms with Gasteiger partial charge in [-0.1, -0.05) is 12.1 Å². The van der Waals surface area contributed by atoms with Gasteiger partial charge in [-0.05, 0) is 30.3 Å². The molecule has 2 N–H and O–H groups in total. The fourth-order valence-electron chi connectivity index (χ4n) is 3.78. The van der Waals surface area contributed by atoms with E-state index in [0.717, 1.165) is 43.1 Å². The van der Waals surface area contributed by atoms with Crippen molar-refractivity contribution in [2.75, 3.05) is 44.7 Å². The number of ether oxygens (including phenoxy) is 1. The lowest BCUT2D eigenvalue weighted by Gasteiger charge is -2.34. The Morgan fingerprint density at radius 2 is 2.00 bits per heavy atom. The standard InChI is InChI=1S/C21H22FN3O2/c1-27-21-5-3-2-4-19(21)25-10-8-24(9-11-25)14-20(26)17-13-23-18-7-6-15(22)12-16(17)18/h2-7,12-13,23H,8-11,14H2,1H3/p+1. The number of hydrogen-bond acceptors (Lipinski definition) is 3. The molecule has 1 aromatic heterocycles. The number of nitrogens with zero attached hydrogens (tertiary/aromatic N) is 1. The van der Waals surface area contributed by atoms with Gasteiger partial charge in [0.25, 0.3) is 0 Å². The lowest BCUT2D eigenvalue weighted by atomic mass is 10.1. The van der Waals surface area contributed by atoms with Gasteiger partial charge in [-0.25, -0.2) is 4.39 Å². The number of rotatable bonds is 5. The van der Waals surface area contributed by atoms with Crippen LogP contribution >= 0.6 is 0 Å². The molecule has 0 unspecified atom stereocenters. The molecule has 0 spiro atoms. The Morgan fingerprint density at radius 3 is 2.78 bits per heavy atom. The van der Waals surface area contributed by atoms with Gasteiger partial charge in [0, 0.05) is 22.7 Å². The summed E-state index contributed by atoms with van der Waals surface area (Å²) in [4.78, 5) is 19.4. The molecular weight excluding hydrogens is 345 g/mol. The van der Waals surface area contributed by atoms with Crippen molar-refractivity contribution < 1.29 is 18.8 Å². The van der Waals surface area contributed by atoms with Gasteiger partial charge in [0.05, 0.1) is 39.0 Å². The van der Waals surface area contributed by atoms with E-state index in [4.69, 9.17) is 4.74 Å². The summed E-state index contributed by atoms with van der Waals surface area (Å²) in [6, 6.07) is 12.5. The van der Waals surface area contributed by atoms with Gasteiger partial charge in [-0.3, -0.25) is 4.79 Å². The highest BCUT2D eigenvalue weighted by Gasteiger charge is 2.25. The van der Waals surface area contributed by atoms with Crippen molar-refractivity contribution in [1.29, 1.82) is 0 Å². The average Bonchev–Trinajstić information content (AvgIpc) is 3.11. The number of piperazine rings is 1. The molecule has 4 rings (SSSR count). The number of aromatic amines is 1. The van der Waals surface area contributed by atoms with Crippen LogP contribution in [0.15, 0.2) is 48.7 Å².